The first-order valence-corrected chi connectivity index (χ1v) is 7.12. The van der Waals surface area contributed by atoms with E-state index in [0.717, 1.165) is 29.8 Å². The molecule has 1 amide bonds. The largest absolute Gasteiger partial charge is 0.416 e. The number of benzene rings is 1. The van der Waals surface area contributed by atoms with Crippen LogP contribution >= 0.6 is 0 Å². The average molecular weight is 325 g/mol. The summed E-state index contributed by atoms with van der Waals surface area (Å²) in [6, 6.07) is 4.20. The molecule has 1 N–H and O–H groups in total. The molecule has 0 aliphatic heterocycles. The number of alkyl halides is 3. The summed E-state index contributed by atoms with van der Waals surface area (Å²) in [6.45, 7) is 1.61. The maximum atomic E-state index is 12.7. The number of halogens is 3. The van der Waals surface area contributed by atoms with Crippen molar-refractivity contribution in [3.05, 3.63) is 29.8 Å². The van der Waals surface area contributed by atoms with Gasteiger partial charge < -0.3 is 5.32 Å². The zero-order valence-electron chi connectivity index (χ0n) is 12.2. The van der Waals surface area contributed by atoms with Gasteiger partial charge in [-0.1, -0.05) is 12.1 Å². The third-order valence-electron chi connectivity index (χ3n) is 3.53. The summed E-state index contributed by atoms with van der Waals surface area (Å²) in [5.74, 6) is -0.192. The molecule has 0 saturated heterocycles. The number of rotatable bonds is 4. The van der Waals surface area contributed by atoms with Gasteiger partial charge in [0.05, 0.1) is 5.56 Å². The van der Waals surface area contributed by atoms with Crippen molar-refractivity contribution in [2.45, 2.75) is 38.0 Å². The highest BCUT2D eigenvalue weighted by atomic mass is 19.4. The van der Waals surface area contributed by atoms with Crippen molar-refractivity contribution >= 4 is 5.91 Å². The molecule has 9 heteroatoms. The fourth-order valence-electron chi connectivity index (χ4n) is 1.99. The van der Waals surface area contributed by atoms with Crippen LogP contribution in [0.4, 0.5) is 13.2 Å². The number of hydrogen-bond donors (Lipinski definition) is 1. The average Bonchev–Trinajstić information content (AvgIpc) is 3.18. The van der Waals surface area contributed by atoms with E-state index < -0.39 is 17.8 Å². The van der Waals surface area contributed by atoms with Gasteiger partial charge in [-0.05, 0) is 37.1 Å². The van der Waals surface area contributed by atoms with Crippen LogP contribution in [0.1, 0.15) is 31.4 Å². The highest BCUT2D eigenvalue weighted by molar-refractivity contribution is 5.80. The molecule has 1 aromatic carbocycles. The van der Waals surface area contributed by atoms with Crippen molar-refractivity contribution in [2.24, 2.45) is 0 Å². The Balaban J connectivity index is 1.80. The van der Waals surface area contributed by atoms with Crippen LogP contribution in [-0.4, -0.2) is 32.2 Å². The highest BCUT2D eigenvalue weighted by Crippen LogP contribution is 2.31. The quantitative estimate of drug-likeness (QED) is 0.935. The van der Waals surface area contributed by atoms with Crippen molar-refractivity contribution in [3.63, 3.8) is 0 Å². The van der Waals surface area contributed by atoms with Gasteiger partial charge in [-0.15, -0.1) is 10.2 Å². The van der Waals surface area contributed by atoms with Gasteiger partial charge in [-0.25, -0.2) is 0 Å². The van der Waals surface area contributed by atoms with E-state index in [1.807, 2.05) is 0 Å². The number of nitrogens with one attached hydrogen (secondary N) is 1. The van der Waals surface area contributed by atoms with E-state index in [1.54, 1.807) is 6.92 Å². The number of tetrazole rings is 1. The minimum absolute atomic E-state index is 0.0437. The number of aromatic nitrogens is 4. The molecular formula is C14H14F3N5O. The third-order valence-corrected chi connectivity index (χ3v) is 3.53. The molecule has 1 aliphatic carbocycles. The van der Waals surface area contributed by atoms with Crippen LogP contribution in [-0.2, 0) is 11.0 Å². The van der Waals surface area contributed by atoms with E-state index in [1.165, 1.54) is 12.1 Å². The van der Waals surface area contributed by atoms with Gasteiger partial charge >= 0.3 is 6.18 Å². The molecule has 1 saturated carbocycles. The lowest BCUT2D eigenvalue weighted by Gasteiger charge is -2.09. The summed E-state index contributed by atoms with van der Waals surface area (Å²) in [7, 11) is 0. The molecule has 23 heavy (non-hydrogen) atoms. The predicted octanol–water partition coefficient (Wildman–Crippen LogP) is 2.20. The Hall–Kier alpha value is -2.45. The van der Waals surface area contributed by atoms with Crippen molar-refractivity contribution in [1.29, 1.82) is 0 Å². The van der Waals surface area contributed by atoms with E-state index in [2.05, 4.69) is 20.7 Å². The normalized spacial score (nSPS) is 16.2. The SMILES string of the molecule is C[C@H](C(=O)NC1CC1)n1nnc(-c2cccc(C(F)(F)F)c2)n1. The van der Waals surface area contributed by atoms with Gasteiger partial charge in [0, 0.05) is 11.6 Å². The Morgan fingerprint density at radius 1 is 1.39 bits per heavy atom. The Kier molecular flexibility index (Phi) is 3.78. The number of nitrogens with zero attached hydrogens (tertiary/aromatic N) is 4. The second-order valence-electron chi connectivity index (χ2n) is 5.47. The van der Waals surface area contributed by atoms with Gasteiger partial charge in [0.2, 0.25) is 11.7 Å². The summed E-state index contributed by atoms with van der Waals surface area (Å²) >= 11 is 0. The number of carbonyl (C=O) groups excluding carboxylic acids is 1. The van der Waals surface area contributed by atoms with Gasteiger partial charge in [-0.3, -0.25) is 4.79 Å². The van der Waals surface area contributed by atoms with E-state index in [0.29, 0.717) is 0 Å². The molecule has 0 bridgehead atoms. The van der Waals surface area contributed by atoms with E-state index in [9.17, 15) is 18.0 Å². The van der Waals surface area contributed by atoms with Crippen LogP contribution in [0.2, 0.25) is 0 Å². The van der Waals surface area contributed by atoms with Gasteiger partial charge in [0.1, 0.15) is 6.04 Å². The van der Waals surface area contributed by atoms with E-state index in [-0.39, 0.29) is 23.3 Å². The molecule has 122 valence electrons. The fourth-order valence-corrected chi connectivity index (χ4v) is 1.99. The molecular weight excluding hydrogens is 311 g/mol. The molecule has 0 radical (unpaired) electrons. The Morgan fingerprint density at radius 2 is 2.13 bits per heavy atom. The standard InChI is InChI=1S/C14H14F3N5O/c1-8(13(23)18-11-5-6-11)22-20-12(19-21-22)9-3-2-4-10(7-9)14(15,16)17/h2-4,7-8,11H,5-6H2,1H3,(H,18,23)/t8-/m1/s1. The van der Waals surface area contributed by atoms with Crippen LogP contribution in [0.5, 0.6) is 0 Å². The van der Waals surface area contributed by atoms with Gasteiger partial charge in [-0.2, -0.15) is 18.0 Å². The van der Waals surface area contributed by atoms with Crippen LogP contribution in [0, 0.1) is 0 Å². The smallest absolute Gasteiger partial charge is 0.351 e. The van der Waals surface area contributed by atoms with Gasteiger partial charge in [0.25, 0.3) is 0 Å². The maximum absolute atomic E-state index is 12.7. The number of carbonyl (C=O) groups is 1. The number of amides is 1. The van der Waals surface area contributed by atoms with Gasteiger partial charge in [0.15, 0.2) is 0 Å². The second kappa shape index (κ2) is 5.64. The first-order chi connectivity index (χ1) is 10.8. The van der Waals surface area contributed by atoms with Crippen molar-refractivity contribution in [3.8, 4) is 11.4 Å². The summed E-state index contributed by atoms with van der Waals surface area (Å²) in [6.07, 6.45) is -2.53. The van der Waals surface area contributed by atoms with Crippen molar-refractivity contribution < 1.29 is 18.0 Å². The summed E-state index contributed by atoms with van der Waals surface area (Å²) < 4.78 is 38.2. The lowest BCUT2D eigenvalue weighted by Crippen LogP contribution is -2.33. The molecule has 6 nitrogen and oxygen atoms in total. The van der Waals surface area contributed by atoms with Crippen LogP contribution < -0.4 is 5.32 Å². The minimum Gasteiger partial charge on any atom is -0.351 e. The molecule has 1 fully saturated rings. The molecule has 0 spiro atoms. The third kappa shape index (κ3) is 3.49. The highest BCUT2D eigenvalue weighted by Gasteiger charge is 2.31. The monoisotopic (exact) mass is 325 g/mol. The molecule has 1 aromatic heterocycles. The molecule has 2 aromatic rings. The lowest BCUT2D eigenvalue weighted by atomic mass is 10.1. The summed E-state index contributed by atoms with van der Waals surface area (Å²) in [4.78, 5) is 13.0. The lowest BCUT2D eigenvalue weighted by molar-refractivity contribution is -0.137. The van der Waals surface area contributed by atoms with Crippen molar-refractivity contribution in [1.82, 2.24) is 25.5 Å². The molecule has 3 rings (SSSR count). The zero-order chi connectivity index (χ0) is 16.6. The topological polar surface area (TPSA) is 72.7 Å². The van der Waals surface area contributed by atoms with E-state index >= 15 is 0 Å². The van der Waals surface area contributed by atoms with Crippen LogP contribution in [0.15, 0.2) is 24.3 Å². The predicted molar refractivity (Wildman–Crippen MR) is 74.1 cm³/mol. The first-order valence-electron chi connectivity index (χ1n) is 7.12. The van der Waals surface area contributed by atoms with Crippen molar-refractivity contribution in [2.75, 3.05) is 0 Å². The molecule has 1 aliphatic rings. The van der Waals surface area contributed by atoms with E-state index in [4.69, 9.17) is 0 Å². The van der Waals surface area contributed by atoms with Crippen LogP contribution in [0.3, 0.4) is 0 Å². The maximum Gasteiger partial charge on any atom is 0.416 e. The fraction of sp³-hybridized carbons (Fsp3) is 0.429. The Morgan fingerprint density at radius 3 is 2.78 bits per heavy atom. The minimum atomic E-state index is -4.44. The zero-order valence-corrected chi connectivity index (χ0v) is 12.2. The Bertz CT molecular complexity index is 723. The molecule has 1 heterocycles. The van der Waals surface area contributed by atoms with Crippen LogP contribution in [0.25, 0.3) is 11.4 Å². The first kappa shape index (κ1) is 15.4. The number of hydrogen-bond acceptors (Lipinski definition) is 4. The second-order valence-corrected chi connectivity index (χ2v) is 5.47. The summed E-state index contributed by atoms with van der Waals surface area (Å²) in [5.41, 5.74) is -0.591. The molecule has 0 unspecified atom stereocenters. The summed E-state index contributed by atoms with van der Waals surface area (Å²) in [5, 5.41) is 14.3. The Labute approximate surface area is 129 Å². The molecule has 1 atom stereocenters.